The maximum atomic E-state index is 12.2. The number of carbonyl (C=O) groups excluding carboxylic acids is 1. The Bertz CT molecular complexity index is 603. The van der Waals surface area contributed by atoms with E-state index in [0.717, 1.165) is 16.2 Å². The number of carbonyl (C=O) groups is 1. The van der Waals surface area contributed by atoms with Crippen LogP contribution < -0.4 is 4.74 Å². The Morgan fingerprint density at radius 2 is 1.90 bits per heavy atom. The first-order chi connectivity index (χ1) is 9.70. The second-order valence-corrected chi connectivity index (χ2v) is 5.36. The van der Waals surface area contributed by atoms with Crippen LogP contribution in [-0.4, -0.2) is 11.7 Å². The Labute approximate surface area is 123 Å². The number of hydrogen-bond acceptors (Lipinski definition) is 3. The van der Waals surface area contributed by atoms with Crippen LogP contribution in [0, 0.1) is 6.92 Å². The van der Waals surface area contributed by atoms with E-state index in [0.29, 0.717) is 11.3 Å². The molecule has 3 heteroatoms. The standard InChI is InChI=1S/C17H16O2S/c1-3-12-20-16-7-5-4-6-15(16)17(18)19-14-10-8-13(2)9-11-14/h3-11H,1,12H2,2H3. The van der Waals surface area contributed by atoms with Crippen LogP contribution in [-0.2, 0) is 0 Å². The predicted octanol–water partition coefficient (Wildman–Crippen LogP) is 4.49. The van der Waals surface area contributed by atoms with Crippen LogP contribution in [0.25, 0.3) is 0 Å². The maximum Gasteiger partial charge on any atom is 0.344 e. The molecule has 0 aromatic heterocycles. The van der Waals surface area contributed by atoms with Gasteiger partial charge in [0.25, 0.3) is 0 Å². The lowest BCUT2D eigenvalue weighted by atomic mass is 10.2. The largest absolute Gasteiger partial charge is 0.423 e. The van der Waals surface area contributed by atoms with Crippen LogP contribution in [0.3, 0.4) is 0 Å². The number of hydrogen-bond donors (Lipinski definition) is 0. The predicted molar refractivity (Wildman–Crippen MR) is 83.5 cm³/mol. The van der Waals surface area contributed by atoms with E-state index in [1.54, 1.807) is 30.0 Å². The molecule has 2 rings (SSSR count). The highest BCUT2D eigenvalue weighted by Crippen LogP contribution is 2.24. The third kappa shape index (κ3) is 3.75. The molecule has 0 fully saturated rings. The lowest BCUT2D eigenvalue weighted by Crippen LogP contribution is -2.09. The highest BCUT2D eigenvalue weighted by Gasteiger charge is 2.13. The van der Waals surface area contributed by atoms with E-state index >= 15 is 0 Å². The summed E-state index contributed by atoms with van der Waals surface area (Å²) in [5, 5.41) is 0. The molecule has 0 saturated carbocycles. The fraction of sp³-hybridized carbons (Fsp3) is 0.118. The maximum absolute atomic E-state index is 12.2. The van der Waals surface area contributed by atoms with E-state index in [9.17, 15) is 4.79 Å². The molecule has 0 spiro atoms. The zero-order valence-corrected chi connectivity index (χ0v) is 12.2. The summed E-state index contributed by atoms with van der Waals surface area (Å²) >= 11 is 1.57. The molecule has 0 aliphatic heterocycles. The summed E-state index contributed by atoms with van der Waals surface area (Å²) in [5.74, 6) is 0.986. The molecule has 102 valence electrons. The second kappa shape index (κ2) is 6.96. The van der Waals surface area contributed by atoms with Crippen LogP contribution in [0.15, 0.2) is 66.1 Å². The average molecular weight is 284 g/mol. The van der Waals surface area contributed by atoms with Gasteiger partial charge in [0.05, 0.1) is 5.56 Å². The molecule has 0 aliphatic carbocycles. The molecule has 0 heterocycles. The van der Waals surface area contributed by atoms with E-state index in [1.807, 2.05) is 43.3 Å². The molecule has 2 aromatic rings. The highest BCUT2D eigenvalue weighted by atomic mass is 32.2. The van der Waals surface area contributed by atoms with E-state index in [-0.39, 0.29) is 5.97 Å². The summed E-state index contributed by atoms with van der Waals surface area (Å²) < 4.78 is 5.40. The first kappa shape index (κ1) is 14.4. The SMILES string of the molecule is C=CCSc1ccccc1C(=O)Oc1ccc(C)cc1. The molecule has 2 aromatic carbocycles. The van der Waals surface area contributed by atoms with Gasteiger partial charge in [-0.05, 0) is 31.2 Å². The van der Waals surface area contributed by atoms with Crippen LogP contribution >= 0.6 is 11.8 Å². The summed E-state index contributed by atoms with van der Waals surface area (Å²) in [6.07, 6.45) is 1.81. The van der Waals surface area contributed by atoms with Gasteiger partial charge in [0.2, 0.25) is 0 Å². The number of ether oxygens (including phenoxy) is 1. The summed E-state index contributed by atoms with van der Waals surface area (Å²) in [6, 6.07) is 14.9. The minimum Gasteiger partial charge on any atom is -0.423 e. The van der Waals surface area contributed by atoms with E-state index in [2.05, 4.69) is 6.58 Å². The number of aryl methyl sites for hydroxylation is 1. The Kier molecular flexibility index (Phi) is 5.02. The van der Waals surface area contributed by atoms with Crippen molar-refractivity contribution in [3.8, 4) is 5.75 Å². The molecule has 0 unspecified atom stereocenters. The Balaban J connectivity index is 2.16. The normalized spacial score (nSPS) is 10.1. The zero-order valence-electron chi connectivity index (χ0n) is 11.3. The van der Waals surface area contributed by atoms with Crippen LogP contribution in [0.5, 0.6) is 5.75 Å². The van der Waals surface area contributed by atoms with Crippen molar-refractivity contribution in [2.45, 2.75) is 11.8 Å². The molecule has 2 nitrogen and oxygen atoms in total. The van der Waals surface area contributed by atoms with Crippen molar-refractivity contribution in [2.24, 2.45) is 0 Å². The van der Waals surface area contributed by atoms with Gasteiger partial charge < -0.3 is 4.74 Å². The smallest absolute Gasteiger partial charge is 0.344 e. The first-order valence-electron chi connectivity index (χ1n) is 6.32. The zero-order chi connectivity index (χ0) is 14.4. The van der Waals surface area contributed by atoms with Gasteiger partial charge in [0.1, 0.15) is 5.75 Å². The van der Waals surface area contributed by atoms with Crippen LogP contribution in [0.2, 0.25) is 0 Å². The van der Waals surface area contributed by atoms with Gasteiger partial charge in [-0.15, -0.1) is 18.3 Å². The van der Waals surface area contributed by atoms with Crippen molar-refractivity contribution in [1.82, 2.24) is 0 Å². The summed E-state index contributed by atoms with van der Waals surface area (Å²) in [6.45, 7) is 5.68. The van der Waals surface area contributed by atoms with Gasteiger partial charge in [-0.25, -0.2) is 4.79 Å². The fourth-order valence-corrected chi connectivity index (χ4v) is 2.46. The van der Waals surface area contributed by atoms with E-state index in [1.165, 1.54) is 0 Å². The lowest BCUT2D eigenvalue weighted by molar-refractivity contribution is 0.0731. The Hall–Kier alpha value is -2.00. The summed E-state index contributed by atoms with van der Waals surface area (Å²) in [4.78, 5) is 13.1. The molecule has 0 radical (unpaired) electrons. The highest BCUT2D eigenvalue weighted by molar-refractivity contribution is 7.99. The van der Waals surface area contributed by atoms with E-state index < -0.39 is 0 Å². The minimum absolute atomic E-state index is 0.332. The molecule has 0 atom stereocenters. The van der Waals surface area contributed by atoms with Gasteiger partial charge in [0.15, 0.2) is 0 Å². The van der Waals surface area contributed by atoms with Crippen molar-refractivity contribution in [2.75, 3.05) is 5.75 Å². The van der Waals surface area contributed by atoms with Crippen LogP contribution in [0.1, 0.15) is 15.9 Å². The van der Waals surface area contributed by atoms with Gasteiger partial charge >= 0.3 is 5.97 Å². The second-order valence-electron chi connectivity index (χ2n) is 4.30. The molecule has 0 amide bonds. The summed E-state index contributed by atoms with van der Waals surface area (Å²) in [7, 11) is 0. The minimum atomic E-state index is -0.332. The molecule has 0 saturated heterocycles. The van der Waals surface area contributed by atoms with Crippen molar-refractivity contribution in [3.05, 3.63) is 72.3 Å². The van der Waals surface area contributed by atoms with Gasteiger partial charge in [-0.3, -0.25) is 0 Å². The third-order valence-electron chi connectivity index (χ3n) is 2.70. The first-order valence-corrected chi connectivity index (χ1v) is 7.31. The molecule has 0 N–H and O–H groups in total. The van der Waals surface area contributed by atoms with Crippen molar-refractivity contribution < 1.29 is 9.53 Å². The monoisotopic (exact) mass is 284 g/mol. The van der Waals surface area contributed by atoms with Crippen molar-refractivity contribution in [1.29, 1.82) is 0 Å². The van der Waals surface area contributed by atoms with Crippen LogP contribution in [0.4, 0.5) is 0 Å². The quantitative estimate of drug-likeness (QED) is 0.350. The number of thioether (sulfide) groups is 1. The molecular formula is C17H16O2S. The molecule has 0 aliphatic rings. The number of esters is 1. The fourth-order valence-electron chi connectivity index (χ4n) is 1.68. The topological polar surface area (TPSA) is 26.3 Å². The third-order valence-corrected chi connectivity index (χ3v) is 3.76. The van der Waals surface area contributed by atoms with Crippen molar-refractivity contribution >= 4 is 17.7 Å². The summed E-state index contributed by atoms with van der Waals surface area (Å²) in [5.41, 5.74) is 1.71. The number of benzene rings is 2. The average Bonchev–Trinajstić information content (AvgIpc) is 2.47. The van der Waals surface area contributed by atoms with Crippen molar-refractivity contribution in [3.63, 3.8) is 0 Å². The van der Waals surface area contributed by atoms with E-state index in [4.69, 9.17) is 4.74 Å². The molecular weight excluding hydrogens is 268 g/mol. The Morgan fingerprint density at radius 1 is 1.20 bits per heavy atom. The molecule has 0 bridgehead atoms. The lowest BCUT2D eigenvalue weighted by Gasteiger charge is -2.08. The van der Waals surface area contributed by atoms with Gasteiger partial charge in [-0.1, -0.05) is 35.9 Å². The Morgan fingerprint density at radius 3 is 2.60 bits per heavy atom. The van der Waals surface area contributed by atoms with Gasteiger partial charge in [0, 0.05) is 10.6 Å². The van der Waals surface area contributed by atoms with Gasteiger partial charge in [-0.2, -0.15) is 0 Å². The number of rotatable bonds is 5. The molecule has 20 heavy (non-hydrogen) atoms.